The number of hydrogen-bond donors (Lipinski definition) is 2. The number of para-hydroxylation sites is 1. The van der Waals surface area contributed by atoms with Crippen LogP contribution in [0.1, 0.15) is 17.8 Å². The lowest BCUT2D eigenvalue weighted by molar-refractivity contribution is -0.120. The molecule has 1 aromatic carbocycles. The summed E-state index contributed by atoms with van der Waals surface area (Å²) >= 11 is 1.41. The normalized spacial score (nSPS) is 14.1. The van der Waals surface area contributed by atoms with Crippen molar-refractivity contribution in [3.05, 3.63) is 35.3 Å². The number of carbonyl (C=O) groups excluding carboxylic acids is 1. The number of nitrogens with zero attached hydrogens (tertiary/aromatic N) is 2. The molecule has 0 unspecified atom stereocenters. The minimum absolute atomic E-state index is 0.0323. The molecule has 2 aromatic rings. The lowest BCUT2D eigenvalue weighted by Crippen LogP contribution is -2.26. The SMILES string of the molecule is O=C(Cc1nnc(Nc2ccccc2)s1)NC1CC1. The largest absolute Gasteiger partial charge is 0.353 e. The zero-order valence-corrected chi connectivity index (χ0v) is 11.1. The van der Waals surface area contributed by atoms with Crippen LogP contribution in [-0.2, 0) is 11.2 Å². The third-order valence-electron chi connectivity index (χ3n) is 2.75. The second-order valence-electron chi connectivity index (χ2n) is 4.51. The van der Waals surface area contributed by atoms with Crippen molar-refractivity contribution in [3.63, 3.8) is 0 Å². The Bertz CT molecular complexity index is 565. The van der Waals surface area contributed by atoms with Gasteiger partial charge in [-0.25, -0.2) is 0 Å². The standard InChI is InChI=1S/C13H14N4OS/c18-11(14-10-6-7-10)8-12-16-17-13(19-12)15-9-4-2-1-3-5-9/h1-5,10H,6-8H2,(H,14,18)(H,15,17). The molecule has 0 spiro atoms. The van der Waals surface area contributed by atoms with Gasteiger partial charge in [0.1, 0.15) is 5.01 Å². The van der Waals surface area contributed by atoms with Gasteiger partial charge in [-0.05, 0) is 25.0 Å². The summed E-state index contributed by atoms with van der Waals surface area (Å²) < 4.78 is 0. The van der Waals surface area contributed by atoms with Gasteiger partial charge in [0.2, 0.25) is 11.0 Å². The molecule has 3 rings (SSSR count). The van der Waals surface area contributed by atoms with Crippen molar-refractivity contribution < 1.29 is 4.79 Å². The van der Waals surface area contributed by atoms with Crippen LogP contribution in [0.3, 0.4) is 0 Å². The van der Waals surface area contributed by atoms with E-state index in [4.69, 9.17) is 0 Å². The molecule has 0 bridgehead atoms. The molecule has 1 aliphatic carbocycles. The van der Waals surface area contributed by atoms with Gasteiger partial charge in [0.25, 0.3) is 0 Å². The molecule has 19 heavy (non-hydrogen) atoms. The minimum Gasteiger partial charge on any atom is -0.353 e. The van der Waals surface area contributed by atoms with E-state index in [-0.39, 0.29) is 5.91 Å². The lowest BCUT2D eigenvalue weighted by atomic mass is 10.3. The molecule has 2 N–H and O–H groups in total. The first-order chi connectivity index (χ1) is 9.29. The Morgan fingerprint density at radius 2 is 2.05 bits per heavy atom. The molecule has 0 radical (unpaired) electrons. The van der Waals surface area contributed by atoms with E-state index in [1.54, 1.807) is 0 Å². The number of aromatic nitrogens is 2. The smallest absolute Gasteiger partial charge is 0.227 e. The molecule has 0 atom stereocenters. The fraction of sp³-hybridized carbons (Fsp3) is 0.308. The molecule has 6 heteroatoms. The van der Waals surface area contributed by atoms with Crippen LogP contribution < -0.4 is 10.6 Å². The summed E-state index contributed by atoms with van der Waals surface area (Å²) in [6.45, 7) is 0. The van der Waals surface area contributed by atoms with Crippen LogP contribution in [-0.4, -0.2) is 22.1 Å². The zero-order valence-electron chi connectivity index (χ0n) is 10.3. The first-order valence-electron chi connectivity index (χ1n) is 6.23. The van der Waals surface area contributed by atoms with Crippen LogP contribution >= 0.6 is 11.3 Å². The predicted octanol–water partition coefficient (Wildman–Crippen LogP) is 2.10. The summed E-state index contributed by atoms with van der Waals surface area (Å²) in [6, 6.07) is 10.2. The van der Waals surface area contributed by atoms with Gasteiger partial charge in [-0.15, -0.1) is 10.2 Å². The van der Waals surface area contributed by atoms with E-state index < -0.39 is 0 Å². The van der Waals surface area contributed by atoms with Crippen LogP contribution in [0.5, 0.6) is 0 Å². The summed E-state index contributed by atoms with van der Waals surface area (Å²) in [5.74, 6) is 0.0323. The molecular weight excluding hydrogens is 260 g/mol. The number of hydrogen-bond acceptors (Lipinski definition) is 5. The molecular formula is C13H14N4OS. The average molecular weight is 274 g/mol. The maximum Gasteiger partial charge on any atom is 0.227 e. The molecule has 1 saturated carbocycles. The number of nitrogens with one attached hydrogen (secondary N) is 2. The van der Waals surface area contributed by atoms with Crippen molar-refractivity contribution >= 4 is 28.1 Å². The fourth-order valence-electron chi connectivity index (χ4n) is 1.66. The zero-order chi connectivity index (χ0) is 13.1. The van der Waals surface area contributed by atoms with E-state index in [9.17, 15) is 4.79 Å². The van der Waals surface area contributed by atoms with Gasteiger partial charge in [0.15, 0.2) is 0 Å². The highest BCUT2D eigenvalue weighted by molar-refractivity contribution is 7.15. The van der Waals surface area contributed by atoms with E-state index in [1.165, 1.54) is 11.3 Å². The third-order valence-corrected chi connectivity index (χ3v) is 3.58. The molecule has 1 aliphatic rings. The Morgan fingerprint density at radius 1 is 1.26 bits per heavy atom. The van der Waals surface area contributed by atoms with Gasteiger partial charge < -0.3 is 10.6 Å². The topological polar surface area (TPSA) is 66.9 Å². The van der Waals surface area contributed by atoms with E-state index in [1.807, 2.05) is 30.3 Å². The van der Waals surface area contributed by atoms with Crippen LogP contribution in [0, 0.1) is 0 Å². The van der Waals surface area contributed by atoms with E-state index >= 15 is 0 Å². The number of rotatable bonds is 5. The van der Waals surface area contributed by atoms with E-state index in [0.717, 1.165) is 23.5 Å². The highest BCUT2D eigenvalue weighted by Crippen LogP contribution is 2.22. The summed E-state index contributed by atoms with van der Waals surface area (Å²) in [5.41, 5.74) is 0.965. The molecule has 5 nitrogen and oxygen atoms in total. The van der Waals surface area contributed by atoms with Crippen molar-refractivity contribution in [3.8, 4) is 0 Å². The summed E-state index contributed by atoms with van der Waals surface area (Å²) in [5, 5.41) is 15.6. The first-order valence-corrected chi connectivity index (χ1v) is 7.05. The molecule has 0 aliphatic heterocycles. The molecule has 98 valence electrons. The van der Waals surface area contributed by atoms with E-state index in [2.05, 4.69) is 20.8 Å². The number of benzene rings is 1. The average Bonchev–Trinajstić information content (AvgIpc) is 3.11. The molecule has 1 fully saturated rings. The number of amides is 1. The van der Waals surface area contributed by atoms with Crippen LogP contribution in [0.4, 0.5) is 10.8 Å². The molecule has 0 saturated heterocycles. The maximum atomic E-state index is 11.6. The Labute approximate surface area is 115 Å². The van der Waals surface area contributed by atoms with Crippen molar-refractivity contribution in [2.45, 2.75) is 25.3 Å². The van der Waals surface area contributed by atoms with Gasteiger partial charge in [-0.2, -0.15) is 0 Å². The van der Waals surface area contributed by atoms with Crippen LogP contribution in [0.15, 0.2) is 30.3 Å². The Hall–Kier alpha value is -1.95. The minimum atomic E-state index is 0.0323. The van der Waals surface area contributed by atoms with Gasteiger partial charge in [-0.1, -0.05) is 29.5 Å². The van der Waals surface area contributed by atoms with Gasteiger partial charge in [0.05, 0.1) is 6.42 Å². The van der Waals surface area contributed by atoms with Gasteiger partial charge in [0, 0.05) is 11.7 Å². The van der Waals surface area contributed by atoms with Crippen molar-refractivity contribution in [2.24, 2.45) is 0 Å². The highest BCUT2D eigenvalue weighted by Gasteiger charge is 2.23. The maximum absolute atomic E-state index is 11.6. The van der Waals surface area contributed by atoms with Crippen LogP contribution in [0.25, 0.3) is 0 Å². The predicted molar refractivity (Wildman–Crippen MR) is 74.5 cm³/mol. The van der Waals surface area contributed by atoms with Crippen molar-refractivity contribution in [2.75, 3.05) is 5.32 Å². The van der Waals surface area contributed by atoms with Crippen molar-refractivity contribution in [1.29, 1.82) is 0 Å². The third kappa shape index (κ3) is 3.51. The summed E-state index contributed by atoms with van der Waals surface area (Å²) in [7, 11) is 0. The van der Waals surface area contributed by atoms with Gasteiger partial charge in [-0.3, -0.25) is 4.79 Å². The van der Waals surface area contributed by atoms with Crippen molar-refractivity contribution in [1.82, 2.24) is 15.5 Å². The Kier molecular flexibility index (Phi) is 3.41. The Morgan fingerprint density at radius 3 is 2.79 bits per heavy atom. The van der Waals surface area contributed by atoms with E-state index in [0.29, 0.717) is 17.6 Å². The van der Waals surface area contributed by atoms with Gasteiger partial charge >= 0.3 is 0 Å². The second kappa shape index (κ2) is 5.36. The quantitative estimate of drug-likeness (QED) is 0.876. The second-order valence-corrected chi connectivity index (χ2v) is 5.57. The number of anilines is 2. The van der Waals surface area contributed by atoms with Crippen LogP contribution in [0.2, 0.25) is 0 Å². The number of carbonyl (C=O) groups is 1. The molecule has 1 heterocycles. The molecule has 1 amide bonds. The monoisotopic (exact) mass is 274 g/mol. The summed E-state index contributed by atoms with van der Waals surface area (Å²) in [4.78, 5) is 11.6. The Balaban J connectivity index is 1.58. The lowest BCUT2D eigenvalue weighted by Gasteiger charge is -2.00. The fourth-order valence-corrected chi connectivity index (χ4v) is 2.42. The summed E-state index contributed by atoms with van der Waals surface area (Å²) in [6.07, 6.45) is 2.51. The first kappa shape index (κ1) is 12.1. The highest BCUT2D eigenvalue weighted by atomic mass is 32.1. The molecule has 1 aromatic heterocycles.